The second-order valence-electron chi connectivity index (χ2n) is 4.69. The summed E-state index contributed by atoms with van der Waals surface area (Å²) in [5.74, 6) is 1.36. The number of nitrogens with zero attached hydrogens (tertiary/aromatic N) is 1. The van der Waals surface area contributed by atoms with Crippen molar-refractivity contribution in [3.8, 4) is 0 Å². The quantitative estimate of drug-likeness (QED) is 0.554. The summed E-state index contributed by atoms with van der Waals surface area (Å²) in [7, 11) is 0. The van der Waals surface area contributed by atoms with Gasteiger partial charge < -0.3 is 10.6 Å². The number of nitrogens with two attached hydrogens (primary N) is 1. The van der Waals surface area contributed by atoms with Gasteiger partial charge in [0.2, 0.25) is 0 Å². The highest BCUT2D eigenvalue weighted by Crippen LogP contribution is 2.19. The van der Waals surface area contributed by atoms with Crippen molar-refractivity contribution in [2.45, 2.75) is 17.9 Å². The molecule has 0 fully saturated rings. The zero-order chi connectivity index (χ0) is 14.1. The Kier molecular flexibility index (Phi) is 7.38. The van der Waals surface area contributed by atoms with E-state index in [9.17, 15) is 0 Å². The molecular weight excluding hydrogens is 252 g/mol. The zero-order valence-corrected chi connectivity index (χ0v) is 12.5. The molecule has 0 bridgehead atoms. The molecule has 104 valence electrons. The van der Waals surface area contributed by atoms with Gasteiger partial charge in [-0.25, -0.2) is 0 Å². The first-order valence-corrected chi connectivity index (χ1v) is 7.56. The smallest absolute Gasteiger partial charge is 0.0351 e. The predicted molar refractivity (Wildman–Crippen MR) is 86.3 cm³/mol. The number of thioether (sulfide) groups is 1. The summed E-state index contributed by atoms with van der Waals surface area (Å²) in [6, 6.07) is 10.6. The summed E-state index contributed by atoms with van der Waals surface area (Å²) < 4.78 is 0. The maximum Gasteiger partial charge on any atom is 0.0351 e. The lowest BCUT2D eigenvalue weighted by molar-refractivity contribution is 0.321. The van der Waals surface area contributed by atoms with Crippen LogP contribution < -0.4 is 5.73 Å². The van der Waals surface area contributed by atoms with E-state index in [4.69, 9.17) is 5.73 Å². The van der Waals surface area contributed by atoms with E-state index in [0.717, 1.165) is 18.8 Å². The maximum atomic E-state index is 6.26. The molecule has 0 saturated carbocycles. The molecule has 1 rings (SSSR count). The lowest BCUT2D eigenvalue weighted by Crippen LogP contribution is -2.37. The van der Waals surface area contributed by atoms with Crippen molar-refractivity contribution >= 4 is 11.8 Å². The second-order valence-corrected chi connectivity index (χ2v) is 5.78. The normalized spacial score (nSPS) is 13.6. The zero-order valence-electron chi connectivity index (χ0n) is 11.7. The predicted octanol–water partition coefficient (Wildman–Crippen LogP) is 3.37. The van der Waals surface area contributed by atoms with Crippen LogP contribution in [0.25, 0.3) is 0 Å². The topological polar surface area (TPSA) is 29.3 Å². The third-order valence-electron chi connectivity index (χ3n) is 3.06. The molecule has 0 aliphatic heterocycles. The van der Waals surface area contributed by atoms with Crippen LogP contribution in [-0.4, -0.2) is 29.8 Å². The van der Waals surface area contributed by atoms with Crippen LogP contribution in [0.3, 0.4) is 0 Å². The first-order valence-electron chi connectivity index (χ1n) is 6.58. The van der Waals surface area contributed by atoms with Gasteiger partial charge in [0.05, 0.1) is 0 Å². The van der Waals surface area contributed by atoms with Crippen LogP contribution in [-0.2, 0) is 0 Å². The molecule has 0 saturated heterocycles. The van der Waals surface area contributed by atoms with E-state index < -0.39 is 0 Å². The third kappa shape index (κ3) is 5.99. The Morgan fingerprint density at radius 3 is 2.58 bits per heavy atom. The molecule has 0 aliphatic carbocycles. The summed E-state index contributed by atoms with van der Waals surface area (Å²) in [5.41, 5.74) is 6.26. The van der Waals surface area contributed by atoms with Gasteiger partial charge in [-0.1, -0.05) is 37.8 Å². The van der Waals surface area contributed by atoms with Gasteiger partial charge in [-0.15, -0.1) is 18.3 Å². The Balaban J connectivity index is 2.37. The highest BCUT2D eigenvalue weighted by molar-refractivity contribution is 7.99. The van der Waals surface area contributed by atoms with Crippen LogP contribution in [0.1, 0.15) is 6.92 Å². The number of hydrogen-bond acceptors (Lipinski definition) is 3. The fourth-order valence-corrected chi connectivity index (χ4v) is 2.83. The van der Waals surface area contributed by atoms with Crippen LogP contribution in [0.15, 0.2) is 60.7 Å². The van der Waals surface area contributed by atoms with Gasteiger partial charge in [0, 0.05) is 29.8 Å². The van der Waals surface area contributed by atoms with Gasteiger partial charge in [0.15, 0.2) is 0 Å². The maximum absolute atomic E-state index is 6.26. The first kappa shape index (κ1) is 15.9. The molecule has 2 N–H and O–H groups in total. The first-order chi connectivity index (χ1) is 9.17. The van der Waals surface area contributed by atoms with E-state index in [1.807, 2.05) is 30.1 Å². The van der Waals surface area contributed by atoms with Crippen LogP contribution in [0, 0.1) is 5.92 Å². The molecule has 0 aromatic heterocycles. The summed E-state index contributed by atoms with van der Waals surface area (Å²) in [6.45, 7) is 11.5. The van der Waals surface area contributed by atoms with Crippen molar-refractivity contribution in [3.63, 3.8) is 0 Å². The average molecular weight is 276 g/mol. The summed E-state index contributed by atoms with van der Waals surface area (Å²) in [5, 5.41) is 0. The minimum Gasteiger partial charge on any atom is -0.374 e. The number of rotatable bonds is 9. The lowest BCUT2D eigenvalue weighted by Gasteiger charge is -2.26. The highest BCUT2D eigenvalue weighted by Gasteiger charge is 2.15. The van der Waals surface area contributed by atoms with Crippen molar-refractivity contribution in [2.75, 3.05) is 18.8 Å². The van der Waals surface area contributed by atoms with Crippen molar-refractivity contribution in [1.82, 2.24) is 4.90 Å². The Morgan fingerprint density at radius 1 is 1.32 bits per heavy atom. The SMILES string of the molecule is C=CCN(C=C)CC(C)[C@@H](N)CSc1ccccc1. The van der Waals surface area contributed by atoms with E-state index in [2.05, 4.69) is 49.2 Å². The molecule has 0 heterocycles. The van der Waals surface area contributed by atoms with Gasteiger partial charge >= 0.3 is 0 Å². The molecule has 1 unspecified atom stereocenters. The van der Waals surface area contributed by atoms with Gasteiger partial charge in [0.1, 0.15) is 0 Å². The number of hydrogen-bond donors (Lipinski definition) is 1. The minimum absolute atomic E-state index is 0.178. The standard InChI is InChI=1S/C16H24N2S/c1-4-11-18(5-2)12-14(3)16(17)13-19-15-9-7-6-8-10-15/h4-10,14,16H,1-2,11-13,17H2,3H3/t14?,16-/m0/s1. The van der Waals surface area contributed by atoms with Gasteiger partial charge in [-0.2, -0.15) is 0 Å². The van der Waals surface area contributed by atoms with Gasteiger partial charge in [-0.3, -0.25) is 0 Å². The van der Waals surface area contributed by atoms with E-state index in [-0.39, 0.29) is 6.04 Å². The van der Waals surface area contributed by atoms with E-state index in [0.29, 0.717) is 5.92 Å². The van der Waals surface area contributed by atoms with E-state index in [1.165, 1.54) is 4.90 Å². The molecule has 3 heteroatoms. The fourth-order valence-electron chi connectivity index (χ4n) is 1.77. The summed E-state index contributed by atoms with van der Waals surface area (Å²) in [6.07, 6.45) is 3.74. The van der Waals surface area contributed by atoms with Crippen molar-refractivity contribution < 1.29 is 0 Å². The molecule has 0 aliphatic rings. The van der Waals surface area contributed by atoms with Crippen LogP contribution in [0.2, 0.25) is 0 Å². The molecular formula is C16H24N2S. The molecule has 1 aromatic carbocycles. The molecule has 0 radical (unpaired) electrons. The van der Waals surface area contributed by atoms with Crippen LogP contribution in [0.5, 0.6) is 0 Å². The molecule has 0 spiro atoms. The van der Waals surface area contributed by atoms with Crippen molar-refractivity contribution in [3.05, 3.63) is 55.8 Å². The van der Waals surface area contributed by atoms with Gasteiger partial charge in [0.25, 0.3) is 0 Å². The van der Waals surface area contributed by atoms with Crippen molar-refractivity contribution in [1.29, 1.82) is 0 Å². The van der Waals surface area contributed by atoms with E-state index >= 15 is 0 Å². The Bertz CT molecular complexity index is 378. The summed E-state index contributed by atoms with van der Waals surface area (Å²) in [4.78, 5) is 3.42. The monoisotopic (exact) mass is 276 g/mol. The molecule has 2 atom stereocenters. The molecule has 1 aromatic rings. The second kappa shape index (κ2) is 8.83. The molecule has 0 amide bonds. The average Bonchev–Trinajstić information content (AvgIpc) is 2.45. The van der Waals surface area contributed by atoms with E-state index in [1.54, 1.807) is 0 Å². The lowest BCUT2D eigenvalue weighted by atomic mass is 10.0. The van der Waals surface area contributed by atoms with Crippen LogP contribution >= 0.6 is 11.8 Å². The minimum atomic E-state index is 0.178. The third-order valence-corrected chi connectivity index (χ3v) is 4.22. The largest absolute Gasteiger partial charge is 0.374 e. The Labute approximate surface area is 121 Å². The van der Waals surface area contributed by atoms with Crippen molar-refractivity contribution in [2.24, 2.45) is 11.7 Å². The van der Waals surface area contributed by atoms with Gasteiger partial charge in [-0.05, 0) is 24.3 Å². The molecule has 19 heavy (non-hydrogen) atoms. The fraction of sp³-hybridized carbons (Fsp3) is 0.375. The Morgan fingerprint density at radius 2 is 2.00 bits per heavy atom. The molecule has 2 nitrogen and oxygen atoms in total. The number of benzene rings is 1. The Hall–Kier alpha value is -1.19. The van der Waals surface area contributed by atoms with Crippen LogP contribution in [0.4, 0.5) is 0 Å². The summed E-state index contributed by atoms with van der Waals surface area (Å²) >= 11 is 1.82. The highest BCUT2D eigenvalue weighted by atomic mass is 32.2.